The summed E-state index contributed by atoms with van der Waals surface area (Å²) in [5, 5.41) is 9.27. The summed E-state index contributed by atoms with van der Waals surface area (Å²) >= 11 is 1.71. The molecule has 3 heterocycles. The van der Waals surface area contributed by atoms with Crippen LogP contribution in [0.15, 0.2) is 34.3 Å². The van der Waals surface area contributed by atoms with Crippen molar-refractivity contribution >= 4 is 17.2 Å². The summed E-state index contributed by atoms with van der Waals surface area (Å²) in [6, 6.07) is 6.08. The third kappa shape index (κ3) is 5.39. The van der Waals surface area contributed by atoms with Gasteiger partial charge in [0, 0.05) is 35.5 Å². The summed E-state index contributed by atoms with van der Waals surface area (Å²) in [6.45, 7) is 6.62. The molecule has 7 heteroatoms. The van der Waals surface area contributed by atoms with Gasteiger partial charge in [0.1, 0.15) is 5.82 Å². The van der Waals surface area contributed by atoms with Crippen molar-refractivity contribution in [2.24, 2.45) is 11.8 Å². The molecule has 1 aliphatic rings. The summed E-state index contributed by atoms with van der Waals surface area (Å²) in [4.78, 5) is 22.9. The Morgan fingerprint density at radius 3 is 2.77 bits per heavy atom. The molecular formula is C24H30N4O2S. The molecule has 0 radical (unpaired) electrons. The minimum Gasteiger partial charge on any atom is -0.356 e. The van der Waals surface area contributed by atoms with Crippen LogP contribution in [-0.4, -0.2) is 27.6 Å². The van der Waals surface area contributed by atoms with Crippen LogP contribution in [0, 0.1) is 25.7 Å². The van der Waals surface area contributed by atoms with Crippen molar-refractivity contribution in [3.05, 3.63) is 51.9 Å². The number of amides is 1. The van der Waals surface area contributed by atoms with Gasteiger partial charge in [-0.05, 0) is 63.3 Å². The Morgan fingerprint density at radius 1 is 1.29 bits per heavy atom. The van der Waals surface area contributed by atoms with Crippen LogP contribution in [0.5, 0.6) is 0 Å². The predicted octanol–water partition coefficient (Wildman–Crippen LogP) is 5.08. The van der Waals surface area contributed by atoms with E-state index in [1.165, 1.54) is 4.88 Å². The molecule has 1 fully saturated rings. The zero-order valence-electron chi connectivity index (χ0n) is 18.4. The van der Waals surface area contributed by atoms with Crippen LogP contribution in [0.1, 0.15) is 60.6 Å². The van der Waals surface area contributed by atoms with E-state index in [1.807, 2.05) is 39.1 Å². The lowest BCUT2D eigenvalue weighted by molar-refractivity contribution is -0.124. The third-order valence-electron chi connectivity index (χ3n) is 6.17. The maximum atomic E-state index is 12.5. The summed E-state index contributed by atoms with van der Waals surface area (Å²) in [5.41, 5.74) is 2.87. The van der Waals surface area contributed by atoms with Gasteiger partial charge in [-0.3, -0.25) is 4.79 Å². The number of hydrogen-bond acceptors (Lipinski definition) is 6. The van der Waals surface area contributed by atoms with E-state index >= 15 is 0 Å². The molecule has 0 saturated heterocycles. The second-order valence-electron chi connectivity index (χ2n) is 8.70. The number of nitrogens with zero attached hydrogens (tertiary/aromatic N) is 3. The summed E-state index contributed by atoms with van der Waals surface area (Å²) in [5.74, 6) is 2.59. The minimum atomic E-state index is 0.00639. The number of hydrogen-bond donors (Lipinski definition) is 1. The largest absolute Gasteiger partial charge is 0.356 e. The number of aryl methyl sites for hydroxylation is 2. The zero-order valence-corrected chi connectivity index (χ0v) is 19.2. The Kier molecular flexibility index (Phi) is 6.80. The molecule has 0 aromatic carbocycles. The first-order chi connectivity index (χ1) is 15.0. The first-order valence-electron chi connectivity index (χ1n) is 11.1. The number of carbonyl (C=O) groups is 1. The molecule has 0 aliphatic heterocycles. The van der Waals surface area contributed by atoms with Gasteiger partial charge in [0.25, 0.3) is 0 Å². The van der Waals surface area contributed by atoms with E-state index < -0.39 is 0 Å². The minimum absolute atomic E-state index is 0.00639. The number of nitrogens with one attached hydrogen (secondary N) is 1. The molecule has 0 bridgehead atoms. The maximum absolute atomic E-state index is 12.5. The van der Waals surface area contributed by atoms with E-state index in [4.69, 9.17) is 9.51 Å². The predicted molar refractivity (Wildman–Crippen MR) is 122 cm³/mol. The van der Waals surface area contributed by atoms with Gasteiger partial charge in [-0.1, -0.05) is 18.1 Å². The molecule has 6 nitrogen and oxygen atoms in total. The quantitative estimate of drug-likeness (QED) is 0.556. The molecule has 164 valence electrons. The van der Waals surface area contributed by atoms with Gasteiger partial charge in [0.15, 0.2) is 5.76 Å². The number of thiophene rings is 1. The average molecular weight is 439 g/mol. The van der Waals surface area contributed by atoms with Gasteiger partial charge >= 0.3 is 0 Å². The molecule has 0 unspecified atom stereocenters. The second kappa shape index (κ2) is 9.73. The molecule has 1 atom stereocenters. The maximum Gasteiger partial charge on any atom is 0.223 e. The highest BCUT2D eigenvalue weighted by Gasteiger charge is 2.27. The lowest BCUT2D eigenvalue weighted by Gasteiger charge is -2.29. The SMILES string of the molecule is Cc1cc(-c2cnc(C)nc2C2CCC(CNC(=O)[C@H](C)Cc3cccs3)CC2)on1. The third-order valence-corrected chi connectivity index (χ3v) is 7.06. The van der Waals surface area contributed by atoms with Crippen LogP contribution in [0.4, 0.5) is 0 Å². The van der Waals surface area contributed by atoms with Crippen LogP contribution >= 0.6 is 11.3 Å². The Labute approximate surface area is 187 Å². The highest BCUT2D eigenvalue weighted by molar-refractivity contribution is 7.09. The molecule has 1 aliphatic carbocycles. The summed E-state index contributed by atoms with van der Waals surface area (Å²) in [7, 11) is 0. The monoisotopic (exact) mass is 438 g/mol. The molecule has 3 aromatic heterocycles. The highest BCUT2D eigenvalue weighted by Crippen LogP contribution is 2.38. The molecule has 31 heavy (non-hydrogen) atoms. The molecular weight excluding hydrogens is 408 g/mol. The molecule has 1 saturated carbocycles. The van der Waals surface area contributed by atoms with E-state index in [0.29, 0.717) is 11.8 Å². The van der Waals surface area contributed by atoms with Crippen LogP contribution in [-0.2, 0) is 11.2 Å². The van der Waals surface area contributed by atoms with E-state index in [-0.39, 0.29) is 11.8 Å². The zero-order chi connectivity index (χ0) is 21.8. The average Bonchev–Trinajstić information content (AvgIpc) is 3.44. The first kappa shape index (κ1) is 21.7. The van der Waals surface area contributed by atoms with Crippen molar-refractivity contribution in [2.75, 3.05) is 6.54 Å². The van der Waals surface area contributed by atoms with E-state index in [1.54, 1.807) is 11.3 Å². The first-order valence-corrected chi connectivity index (χ1v) is 11.9. The molecule has 4 rings (SSSR count). The van der Waals surface area contributed by atoms with Crippen molar-refractivity contribution < 1.29 is 9.32 Å². The molecule has 1 amide bonds. The van der Waals surface area contributed by atoms with Crippen molar-refractivity contribution in [1.82, 2.24) is 20.4 Å². The van der Waals surface area contributed by atoms with Crippen LogP contribution in [0.2, 0.25) is 0 Å². The number of aromatic nitrogens is 3. The molecule has 1 N–H and O–H groups in total. The van der Waals surface area contributed by atoms with Crippen molar-refractivity contribution in [3.8, 4) is 11.3 Å². The van der Waals surface area contributed by atoms with Gasteiger partial charge in [-0.15, -0.1) is 11.3 Å². The number of carbonyl (C=O) groups excluding carboxylic acids is 1. The lowest BCUT2D eigenvalue weighted by atomic mass is 9.79. The van der Waals surface area contributed by atoms with Crippen molar-refractivity contribution in [2.45, 2.75) is 58.8 Å². The van der Waals surface area contributed by atoms with Gasteiger partial charge in [-0.25, -0.2) is 9.97 Å². The van der Waals surface area contributed by atoms with Gasteiger partial charge in [0.05, 0.1) is 17.0 Å². The summed E-state index contributed by atoms with van der Waals surface area (Å²) in [6.07, 6.45) is 6.96. The smallest absolute Gasteiger partial charge is 0.223 e. The Bertz CT molecular complexity index is 1010. The fraction of sp³-hybridized carbons (Fsp3) is 0.500. The molecule has 0 spiro atoms. The number of rotatable bonds is 7. The Morgan fingerprint density at radius 2 is 2.10 bits per heavy atom. The van der Waals surface area contributed by atoms with Crippen LogP contribution in [0.25, 0.3) is 11.3 Å². The normalized spacial score (nSPS) is 19.8. The van der Waals surface area contributed by atoms with Gasteiger partial charge < -0.3 is 9.84 Å². The van der Waals surface area contributed by atoms with Gasteiger partial charge in [0.2, 0.25) is 5.91 Å². The fourth-order valence-corrected chi connectivity index (χ4v) is 5.20. The second-order valence-corrected chi connectivity index (χ2v) is 9.73. The Balaban J connectivity index is 1.32. The van der Waals surface area contributed by atoms with Crippen molar-refractivity contribution in [3.63, 3.8) is 0 Å². The summed E-state index contributed by atoms with van der Waals surface area (Å²) < 4.78 is 5.49. The van der Waals surface area contributed by atoms with Crippen LogP contribution < -0.4 is 5.32 Å². The Hall–Kier alpha value is -2.54. The fourth-order valence-electron chi connectivity index (χ4n) is 4.36. The lowest BCUT2D eigenvalue weighted by Crippen LogP contribution is -2.35. The van der Waals surface area contributed by atoms with Crippen LogP contribution in [0.3, 0.4) is 0 Å². The standard InChI is InChI=1S/C24H30N4O2S/c1-15(11-20-5-4-10-31-20)24(29)26-13-18-6-8-19(9-7-18)23-21(14-25-17(3)27-23)22-12-16(2)28-30-22/h4-5,10,12,14-15,18-19H,6-9,11,13H2,1-3H3,(H,26,29)/t15-,18?,19?/m1/s1. The molecule has 3 aromatic rings. The van der Waals surface area contributed by atoms with Gasteiger partial charge in [-0.2, -0.15) is 0 Å². The van der Waals surface area contributed by atoms with Crippen molar-refractivity contribution in [1.29, 1.82) is 0 Å². The highest BCUT2D eigenvalue weighted by atomic mass is 32.1. The van der Waals surface area contributed by atoms with E-state index in [2.05, 4.69) is 26.9 Å². The van der Waals surface area contributed by atoms with E-state index in [9.17, 15) is 4.79 Å². The van der Waals surface area contributed by atoms with E-state index in [0.717, 1.165) is 67.2 Å². The topological polar surface area (TPSA) is 80.9 Å².